The summed E-state index contributed by atoms with van der Waals surface area (Å²) in [7, 11) is 0.567. The largest absolute Gasteiger partial charge is 0.455 e. The molecule has 30 heavy (non-hydrogen) atoms. The summed E-state index contributed by atoms with van der Waals surface area (Å²) in [6.07, 6.45) is 0. The molecule has 1 heterocycles. The van der Waals surface area contributed by atoms with E-state index >= 15 is 0 Å². The van der Waals surface area contributed by atoms with Crippen molar-refractivity contribution in [1.82, 2.24) is 0 Å². The predicted octanol–water partition coefficient (Wildman–Crippen LogP) is 6.90. The third kappa shape index (κ3) is 3.55. The maximum atomic E-state index is 6.71. The van der Waals surface area contributed by atoms with Gasteiger partial charge in [0, 0.05) is 26.7 Å². The minimum atomic E-state index is -0.118. The zero-order chi connectivity index (χ0) is 20.6. The number of rotatable bonds is 4. The molecule has 0 radical (unpaired) electrons. The van der Waals surface area contributed by atoms with Crippen molar-refractivity contribution < 1.29 is 4.74 Å². The molecule has 0 fully saturated rings. The second-order valence-corrected chi connectivity index (χ2v) is 10.4. The van der Waals surface area contributed by atoms with Gasteiger partial charge in [0.1, 0.15) is 11.5 Å². The van der Waals surface area contributed by atoms with Crippen LogP contribution in [0.5, 0.6) is 11.5 Å². The van der Waals surface area contributed by atoms with Gasteiger partial charge in [-0.05, 0) is 23.5 Å². The molecule has 3 heteroatoms. The van der Waals surface area contributed by atoms with E-state index in [-0.39, 0.29) is 5.41 Å². The molecule has 0 amide bonds. The summed E-state index contributed by atoms with van der Waals surface area (Å²) in [6, 6.07) is 34.3. The topological polar surface area (TPSA) is 9.23 Å². The molecule has 1 nitrogen and oxygen atoms in total. The van der Waals surface area contributed by atoms with E-state index in [9.17, 15) is 0 Å². The van der Waals surface area contributed by atoms with E-state index in [4.69, 9.17) is 4.74 Å². The van der Waals surface area contributed by atoms with Gasteiger partial charge in [-0.3, -0.25) is 0 Å². The second-order valence-electron chi connectivity index (χ2n) is 7.95. The van der Waals surface area contributed by atoms with E-state index in [1.165, 1.54) is 26.6 Å². The molecule has 5 rings (SSSR count). The highest BCUT2D eigenvalue weighted by molar-refractivity contribution is 7.99. The molecule has 0 aromatic heterocycles. The van der Waals surface area contributed by atoms with Crippen molar-refractivity contribution in [3.63, 3.8) is 0 Å². The lowest BCUT2D eigenvalue weighted by Crippen LogP contribution is -2.27. The van der Waals surface area contributed by atoms with Crippen molar-refractivity contribution in [2.45, 2.75) is 29.1 Å². The molecule has 1 atom stereocenters. The molecule has 0 bridgehead atoms. The van der Waals surface area contributed by atoms with Gasteiger partial charge in [0.25, 0.3) is 0 Å². The summed E-state index contributed by atoms with van der Waals surface area (Å²) in [5, 5.41) is 2.59. The number of fused-ring (bicyclic) bond motifs is 2. The van der Waals surface area contributed by atoms with Crippen LogP contribution in [-0.4, -0.2) is 0 Å². The molecule has 4 aromatic carbocycles. The lowest BCUT2D eigenvalue weighted by molar-refractivity contribution is 0.411. The lowest BCUT2D eigenvalue weighted by Gasteiger charge is -2.36. The summed E-state index contributed by atoms with van der Waals surface area (Å²) >= 11 is 1.76. The highest BCUT2D eigenvalue weighted by Gasteiger charge is 2.36. The Morgan fingerprint density at radius 1 is 0.667 bits per heavy atom. The molecule has 1 aliphatic rings. The second kappa shape index (κ2) is 7.95. The third-order valence-corrected chi connectivity index (χ3v) is 7.90. The first-order valence-corrected chi connectivity index (χ1v) is 11.9. The summed E-state index contributed by atoms with van der Waals surface area (Å²) in [6.45, 7) is 4.61. The molecule has 0 spiro atoms. The Kier molecular flexibility index (Phi) is 5.15. The molecule has 1 unspecified atom stereocenters. The SMILES string of the molecule is CC1(C)c2cccc(Pc3ccccc3)c2Oc2c(Sc3ccccc3)cccc21. The highest BCUT2D eigenvalue weighted by Crippen LogP contribution is 2.51. The van der Waals surface area contributed by atoms with Crippen molar-refractivity contribution >= 4 is 31.0 Å². The summed E-state index contributed by atoms with van der Waals surface area (Å²) in [5.41, 5.74) is 2.39. The average molecular weight is 427 g/mol. The number of ether oxygens (including phenoxy) is 1. The fourth-order valence-corrected chi connectivity index (χ4v) is 6.06. The Morgan fingerprint density at radius 3 is 2.03 bits per heavy atom. The smallest absolute Gasteiger partial charge is 0.145 e. The van der Waals surface area contributed by atoms with Crippen molar-refractivity contribution in [1.29, 1.82) is 0 Å². The minimum Gasteiger partial charge on any atom is -0.455 e. The molecule has 148 valence electrons. The molecule has 0 aliphatic carbocycles. The summed E-state index contributed by atoms with van der Waals surface area (Å²) < 4.78 is 6.71. The molecule has 0 saturated heterocycles. The van der Waals surface area contributed by atoms with Crippen LogP contribution in [0.15, 0.2) is 107 Å². The van der Waals surface area contributed by atoms with Gasteiger partial charge >= 0.3 is 0 Å². The van der Waals surface area contributed by atoms with E-state index in [2.05, 4.69) is 111 Å². The van der Waals surface area contributed by atoms with E-state index in [0.29, 0.717) is 8.58 Å². The fourth-order valence-electron chi connectivity index (χ4n) is 3.97. The van der Waals surface area contributed by atoms with E-state index < -0.39 is 0 Å². The summed E-state index contributed by atoms with van der Waals surface area (Å²) in [4.78, 5) is 2.38. The van der Waals surface area contributed by atoms with Crippen LogP contribution >= 0.6 is 20.3 Å². The predicted molar refractivity (Wildman–Crippen MR) is 130 cm³/mol. The van der Waals surface area contributed by atoms with E-state index in [0.717, 1.165) is 16.4 Å². The van der Waals surface area contributed by atoms with Gasteiger partial charge in [-0.25, -0.2) is 0 Å². The first kappa shape index (κ1) is 19.4. The first-order chi connectivity index (χ1) is 14.6. The van der Waals surface area contributed by atoms with E-state index in [1.54, 1.807) is 11.8 Å². The lowest BCUT2D eigenvalue weighted by atomic mass is 9.76. The molecular formula is C27H23OPS. The van der Waals surface area contributed by atoms with Gasteiger partial charge in [0.15, 0.2) is 0 Å². The van der Waals surface area contributed by atoms with Crippen LogP contribution in [0.4, 0.5) is 0 Å². The van der Waals surface area contributed by atoms with Crippen LogP contribution in [0.25, 0.3) is 0 Å². The maximum Gasteiger partial charge on any atom is 0.145 e. The van der Waals surface area contributed by atoms with Gasteiger partial charge in [0.05, 0.1) is 4.90 Å². The van der Waals surface area contributed by atoms with Crippen LogP contribution in [0, 0.1) is 0 Å². The standard InChI is InChI=1S/C27H23OPS/c1-27(2)21-15-9-17-23(29-19-11-5-3-6-12-19)25(21)28-26-22(27)16-10-18-24(26)30-20-13-7-4-8-14-20/h3-18,29H,1-2H3. The van der Waals surface area contributed by atoms with Gasteiger partial charge < -0.3 is 4.74 Å². The average Bonchev–Trinajstić information content (AvgIpc) is 2.77. The van der Waals surface area contributed by atoms with Crippen LogP contribution in [-0.2, 0) is 5.41 Å². The first-order valence-electron chi connectivity index (χ1n) is 10.1. The van der Waals surface area contributed by atoms with E-state index in [1.807, 2.05) is 0 Å². The van der Waals surface area contributed by atoms with Gasteiger partial charge in [-0.1, -0.05) is 113 Å². The normalized spacial score (nSPS) is 14.2. The molecule has 0 saturated carbocycles. The van der Waals surface area contributed by atoms with Crippen molar-refractivity contribution in [3.8, 4) is 11.5 Å². The zero-order valence-corrected chi connectivity index (χ0v) is 18.9. The minimum absolute atomic E-state index is 0.118. The molecule has 0 N–H and O–H groups in total. The van der Waals surface area contributed by atoms with Crippen LogP contribution < -0.4 is 15.3 Å². The Labute approximate surface area is 184 Å². The molecule has 1 aliphatic heterocycles. The highest BCUT2D eigenvalue weighted by atomic mass is 32.2. The molecule has 4 aromatic rings. The Hall–Kier alpha value is -2.54. The Balaban J connectivity index is 1.60. The van der Waals surface area contributed by atoms with Gasteiger partial charge in [0.2, 0.25) is 0 Å². The number of benzene rings is 4. The van der Waals surface area contributed by atoms with Crippen LogP contribution in [0.2, 0.25) is 0 Å². The Morgan fingerprint density at radius 2 is 1.30 bits per heavy atom. The number of hydrogen-bond donors (Lipinski definition) is 0. The zero-order valence-electron chi connectivity index (χ0n) is 17.1. The van der Waals surface area contributed by atoms with Crippen molar-refractivity contribution in [2.24, 2.45) is 0 Å². The van der Waals surface area contributed by atoms with Gasteiger partial charge in [-0.2, -0.15) is 0 Å². The van der Waals surface area contributed by atoms with Gasteiger partial charge in [-0.15, -0.1) is 0 Å². The number of para-hydroxylation sites is 2. The van der Waals surface area contributed by atoms with Crippen molar-refractivity contribution in [2.75, 3.05) is 0 Å². The Bertz CT molecular complexity index is 1090. The fraction of sp³-hybridized carbons (Fsp3) is 0.111. The number of hydrogen-bond acceptors (Lipinski definition) is 2. The maximum absolute atomic E-state index is 6.71. The summed E-state index contributed by atoms with van der Waals surface area (Å²) in [5.74, 6) is 2.02. The van der Waals surface area contributed by atoms with Crippen LogP contribution in [0.1, 0.15) is 25.0 Å². The quantitative estimate of drug-likeness (QED) is 0.328. The van der Waals surface area contributed by atoms with Crippen LogP contribution in [0.3, 0.4) is 0 Å². The molecular weight excluding hydrogens is 403 g/mol. The van der Waals surface area contributed by atoms with Crippen molar-refractivity contribution in [3.05, 3.63) is 108 Å². The third-order valence-electron chi connectivity index (χ3n) is 5.57. The monoisotopic (exact) mass is 426 g/mol.